The molecule has 0 aromatic carbocycles. The lowest BCUT2D eigenvalue weighted by Crippen LogP contribution is -2.17. The Morgan fingerprint density at radius 1 is 1.73 bits per heavy atom. The molecule has 1 unspecified atom stereocenters. The number of hydrogen-bond donors (Lipinski definition) is 1. The third-order valence-corrected chi connectivity index (χ3v) is 2.09. The van der Waals surface area contributed by atoms with E-state index in [4.69, 9.17) is 5.11 Å². The molecular weight excluding hydrogens is 212 g/mol. The number of carboxylic acid groups (broad SMARTS) is 1. The minimum atomic E-state index is -0.832. The first-order chi connectivity index (χ1) is 4.98. The Balaban J connectivity index is 3.71. The van der Waals surface area contributed by atoms with E-state index in [2.05, 4.69) is 15.9 Å². The summed E-state index contributed by atoms with van der Waals surface area (Å²) in [7, 11) is 0. The fourth-order valence-electron chi connectivity index (χ4n) is 0.643. The topological polar surface area (TPSA) is 54.4 Å². The van der Waals surface area contributed by atoms with Crippen molar-refractivity contribution in [1.82, 2.24) is 0 Å². The molecule has 0 aliphatic rings. The maximum atomic E-state index is 10.1. The van der Waals surface area contributed by atoms with Crippen LogP contribution in [0.3, 0.4) is 0 Å². The number of carbonyl (C=O) groups is 2. The smallest absolute Gasteiger partial charge is 0.303 e. The van der Waals surface area contributed by atoms with E-state index in [0.29, 0.717) is 12.8 Å². The first-order valence-corrected chi connectivity index (χ1v) is 4.11. The third kappa shape index (κ3) is 6.04. The number of carboxylic acids is 1. The minimum Gasteiger partial charge on any atom is -0.481 e. The highest BCUT2D eigenvalue weighted by Gasteiger charge is 2.20. The number of rotatable bonds is 5. The van der Waals surface area contributed by atoms with Crippen molar-refractivity contribution in [3.63, 3.8) is 0 Å². The summed E-state index contributed by atoms with van der Waals surface area (Å²) in [6.07, 6.45) is 1.70. The van der Waals surface area contributed by atoms with Crippen LogP contribution in [0.1, 0.15) is 26.2 Å². The van der Waals surface area contributed by atoms with Gasteiger partial charge in [-0.15, -0.1) is 0 Å². The molecule has 4 heteroatoms. The van der Waals surface area contributed by atoms with Crippen LogP contribution in [0.25, 0.3) is 0 Å². The molecule has 0 aromatic heterocycles. The first-order valence-electron chi connectivity index (χ1n) is 3.32. The van der Waals surface area contributed by atoms with Crippen LogP contribution in [0.4, 0.5) is 0 Å². The van der Waals surface area contributed by atoms with E-state index in [-0.39, 0.29) is 10.7 Å². The summed E-state index contributed by atoms with van der Waals surface area (Å²) in [6.45, 7) is 1.81. The summed E-state index contributed by atoms with van der Waals surface area (Å²) in [5, 5.41) is 8.34. The van der Waals surface area contributed by atoms with Gasteiger partial charge in [0.1, 0.15) is 6.29 Å². The average Bonchev–Trinajstić information content (AvgIpc) is 1.84. The molecule has 0 aliphatic carbocycles. The Labute approximate surface area is 73.9 Å². The lowest BCUT2D eigenvalue weighted by atomic mass is 10.0. The van der Waals surface area contributed by atoms with Gasteiger partial charge in [-0.2, -0.15) is 0 Å². The van der Waals surface area contributed by atoms with Gasteiger partial charge in [0.2, 0.25) is 0 Å². The summed E-state index contributed by atoms with van der Waals surface area (Å²) in [6, 6.07) is 0. The molecule has 0 saturated carbocycles. The van der Waals surface area contributed by atoms with Crippen molar-refractivity contribution in [3.05, 3.63) is 0 Å². The van der Waals surface area contributed by atoms with Crippen LogP contribution in [0.5, 0.6) is 0 Å². The molecule has 11 heavy (non-hydrogen) atoms. The Morgan fingerprint density at radius 3 is 2.64 bits per heavy atom. The number of alkyl halides is 1. The lowest BCUT2D eigenvalue weighted by Gasteiger charge is -2.17. The van der Waals surface area contributed by atoms with Gasteiger partial charge in [-0.1, -0.05) is 15.9 Å². The Morgan fingerprint density at radius 2 is 2.27 bits per heavy atom. The Kier molecular flexibility index (Phi) is 4.33. The maximum Gasteiger partial charge on any atom is 0.303 e. The van der Waals surface area contributed by atoms with Crippen molar-refractivity contribution in [2.45, 2.75) is 30.5 Å². The highest BCUT2D eigenvalue weighted by atomic mass is 79.9. The van der Waals surface area contributed by atoms with Crippen LogP contribution in [0.2, 0.25) is 0 Å². The van der Waals surface area contributed by atoms with Gasteiger partial charge in [-0.25, -0.2) is 0 Å². The number of carbonyl (C=O) groups excluding carboxylic acids is 1. The molecular formula is C7H11BrO3. The van der Waals surface area contributed by atoms with Crippen molar-refractivity contribution in [3.8, 4) is 0 Å². The first kappa shape index (κ1) is 10.6. The summed E-state index contributed by atoms with van der Waals surface area (Å²) in [5.41, 5.74) is 0. The van der Waals surface area contributed by atoms with E-state index < -0.39 is 5.97 Å². The van der Waals surface area contributed by atoms with Crippen LogP contribution in [-0.2, 0) is 9.59 Å². The fraction of sp³-hybridized carbons (Fsp3) is 0.714. The Hall–Kier alpha value is -0.380. The van der Waals surface area contributed by atoms with Gasteiger partial charge in [0, 0.05) is 17.2 Å². The van der Waals surface area contributed by atoms with Gasteiger partial charge in [0.15, 0.2) is 0 Å². The van der Waals surface area contributed by atoms with Crippen molar-refractivity contribution in [2.75, 3.05) is 0 Å². The summed E-state index contributed by atoms with van der Waals surface area (Å²) >= 11 is 3.28. The van der Waals surface area contributed by atoms with Gasteiger partial charge in [0.05, 0.1) is 0 Å². The molecule has 0 aliphatic heterocycles. The summed E-state index contributed by atoms with van der Waals surface area (Å²) < 4.78 is -0.354. The lowest BCUT2D eigenvalue weighted by molar-refractivity contribution is -0.137. The number of halogens is 1. The maximum absolute atomic E-state index is 10.1. The molecule has 0 spiro atoms. The molecule has 0 saturated heterocycles. The van der Waals surface area contributed by atoms with E-state index in [9.17, 15) is 9.59 Å². The zero-order valence-corrected chi connectivity index (χ0v) is 7.93. The second-order valence-corrected chi connectivity index (χ2v) is 4.59. The molecule has 64 valence electrons. The van der Waals surface area contributed by atoms with E-state index in [1.54, 1.807) is 0 Å². The Bertz CT molecular complexity index is 154. The quantitative estimate of drug-likeness (QED) is 0.568. The summed E-state index contributed by atoms with van der Waals surface area (Å²) in [5.74, 6) is -0.832. The minimum absolute atomic E-state index is 0.0928. The number of hydrogen-bond acceptors (Lipinski definition) is 2. The third-order valence-electron chi connectivity index (χ3n) is 1.37. The molecule has 3 nitrogen and oxygen atoms in total. The standard InChI is InChI=1S/C7H11BrO3/c1-7(8,4-5-9)3-2-6(10)11/h5H,2-4H2,1H3,(H,10,11). The second kappa shape index (κ2) is 4.49. The van der Waals surface area contributed by atoms with E-state index >= 15 is 0 Å². The van der Waals surface area contributed by atoms with Crippen molar-refractivity contribution >= 4 is 28.2 Å². The van der Waals surface area contributed by atoms with E-state index in [0.717, 1.165) is 6.29 Å². The van der Waals surface area contributed by atoms with Crippen LogP contribution in [-0.4, -0.2) is 21.7 Å². The average molecular weight is 223 g/mol. The number of aldehydes is 1. The van der Waals surface area contributed by atoms with Crippen molar-refractivity contribution in [2.24, 2.45) is 0 Å². The molecule has 0 fully saturated rings. The SMILES string of the molecule is CC(Br)(CC=O)CCC(=O)O. The van der Waals surface area contributed by atoms with Crippen LogP contribution in [0.15, 0.2) is 0 Å². The molecule has 0 heterocycles. The van der Waals surface area contributed by atoms with Gasteiger partial charge in [-0.05, 0) is 13.3 Å². The van der Waals surface area contributed by atoms with Crippen molar-refractivity contribution < 1.29 is 14.7 Å². The zero-order chi connectivity index (χ0) is 8.91. The van der Waals surface area contributed by atoms with Crippen molar-refractivity contribution in [1.29, 1.82) is 0 Å². The molecule has 1 atom stereocenters. The van der Waals surface area contributed by atoms with E-state index in [1.165, 1.54) is 0 Å². The number of aliphatic carboxylic acids is 1. The monoisotopic (exact) mass is 222 g/mol. The van der Waals surface area contributed by atoms with Gasteiger partial charge in [-0.3, -0.25) is 4.79 Å². The molecule has 0 aromatic rings. The predicted octanol–water partition coefficient (Wildman–Crippen LogP) is 1.59. The van der Waals surface area contributed by atoms with Gasteiger partial charge >= 0.3 is 5.97 Å². The summed E-state index contributed by atoms with van der Waals surface area (Å²) in [4.78, 5) is 20.2. The van der Waals surface area contributed by atoms with Crippen LogP contribution in [0, 0.1) is 0 Å². The molecule has 0 rings (SSSR count). The second-order valence-electron chi connectivity index (χ2n) is 2.68. The largest absolute Gasteiger partial charge is 0.481 e. The highest BCUT2D eigenvalue weighted by molar-refractivity contribution is 9.10. The van der Waals surface area contributed by atoms with Gasteiger partial charge in [0.25, 0.3) is 0 Å². The molecule has 0 radical (unpaired) electrons. The van der Waals surface area contributed by atoms with Crippen LogP contribution >= 0.6 is 15.9 Å². The highest BCUT2D eigenvalue weighted by Crippen LogP contribution is 2.26. The molecule has 0 amide bonds. The normalized spacial score (nSPS) is 15.5. The molecule has 0 bridgehead atoms. The predicted molar refractivity (Wildman–Crippen MR) is 44.9 cm³/mol. The van der Waals surface area contributed by atoms with E-state index in [1.807, 2.05) is 6.92 Å². The zero-order valence-electron chi connectivity index (χ0n) is 6.34. The van der Waals surface area contributed by atoms with Crippen LogP contribution < -0.4 is 0 Å². The molecule has 1 N–H and O–H groups in total. The van der Waals surface area contributed by atoms with Gasteiger partial charge < -0.3 is 9.90 Å². The fourth-order valence-corrected chi connectivity index (χ4v) is 0.974.